The van der Waals surface area contributed by atoms with Gasteiger partial charge in [-0.3, -0.25) is 9.69 Å². The molecule has 3 aromatic carbocycles. The maximum atomic E-state index is 12.2. The van der Waals surface area contributed by atoms with E-state index in [9.17, 15) is 4.79 Å². The molecule has 32 heavy (non-hydrogen) atoms. The number of likely N-dealkylation sites (tertiary alicyclic amines) is 1. The third kappa shape index (κ3) is 5.17. The highest BCUT2D eigenvalue weighted by Crippen LogP contribution is 2.37. The number of carbonyl (C=O) groups is 1. The smallest absolute Gasteiger partial charge is 0.306 e. The Bertz CT molecular complexity index is 979. The van der Waals surface area contributed by atoms with Crippen LogP contribution in [0.4, 0.5) is 0 Å². The standard InChI is InChI=1S/C29H31NO2/c1-2-28(31)32-29(26-16-10-5-11-17-26)19-22-30(23-20-29)21-18-27(24-12-6-3-7-13-24)25-14-8-4-9-15-25/h3-18H,2,19-23H2,1H3. The molecule has 3 nitrogen and oxygen atoms in total. The summed E-state index contributed by atoms with van der Waals surface area (Å²) >= 11 is 0. The first-order valence-corrected chi connectivity index (χ1v) is 11.5. The third-order valence-corrected chi connectivity index (χ3v) is 6.28. The summed E-state index contributed by atoms with van der Waals surface area (Å²) in [6, 6.07) is 31.3. The Balaban J connectivity index is 1.51. The van der Waals surface area contributed by atoms with Gasteiger partial charge in [0.15, 0.2) is 0 Å². The highest BCUT2D eigenvalue weighted by atomic mass is 16.6. The fourth-order valence-electron chi connectivity index (χ4n) is 4.44. The van der Waals surface area contributed by atoms with E-state index in [2.05, 4.69) is 83.8 Å². The van der Waals surface area contributed by atoms with Gasteiger partial charge < -0.3 is 4.74 Å². The summed E-state index contributed by atoms with van der Waals surface area (Å²) in [5.74, 6) is -0.127. The number of carbonyl (C=O) groups excluding carboxylic acids is 1. The van der Waals surface area contributed by atoms with Crippen molar-refractivity contribution in [3.05, 3.63) is 114 Å². The quantitative estimate of drug-likeness (QED) is 0.431. The maximum Gasteiger partial charge on any atom is 0.306 e. The molecular formula is C29H31NO2. The van der Waals surface area contributed by atoms with Crippen LogP contribution in [-0.4, -0.2) is 30.5 Å². The van der Waals surface area contributed by atoms with Gasteiger partial charge in [0, 0.05) is 38.9 Å². The lowest BCUT2D eigenvalue weighted by atomic mass is 9.84. The summed E-state index contributed by atoms with van der Waals surface area (Å²) in [6.07, 6.45) is 4.35. The van der Waals surface area contributed by atoms with Gasteiger partial charge in [0.25, 0.3) is 0 Å². The summed E-state index contributed by atoms with van der Waals surface area (Å²) in [4.78, 5) is 14.7. The highest BCUT2D eigenvalue weighted by Gasteiger charge is 2.39. The fraction of sp³-hybridized carbons (Fsp3) is 0.276. The monoisotopic (exact) mass is 425 g/mol. The Hall–Kier alpha value is -3.17. The molecule has 0 amide bonds. The zero-order chi connectivity index (χ0) is 22.2. The molecule has 1 fully saturated rings. The van der Waals surface area contributed by atoms with Crippen LogP contribution in [0.2, 0.25) is 0 Å². The van der Waals surface area contributed by atoms with Gasteiger partial charge in [0.05, 0.1) is 0 Å². The van der Waals surface area contributed by atoms with Gasteiger partial charge in [-0.2, -0.15) is 0 Å². The molecule has 0 atom stereocenters. The van der Waals surface area contributed by atoms with E-state index in [1.54, 1.807) is 0 Å². The van der Waals surface area contributed by atoms with Gasteiger partial charge >= 0.3 is 5.97 Å². The number of piperidine rings is 1. The maximum absolute atomic E-state index is 12.2. The topological polar surface area (TPSA) is 29.5 Å². The molecule has 1 aliphatic heterocycles. The van der Waals surface area contributed by atoms with Crippen molar-refractivity contribution in [1.29, 1.82) is 0 Å². The van der Waals surface area contributed by atoms with E-state index in [1.807, 2.05) is 25.1 Å². The molecule has 0 spiro atoms. The fourth-order valence-corrected chi connectivity index (χ4v) is 4.44. The van der Waals surface area contributed by atoms with Crippen LogP contribution in [0.3, 0.4) is 0 Å². The molecular weight excluding hydrogens is 394 g/mol. The average molecular weight is 426 g/mol. The van der Waals surface area contributed by atoms with Crippen LogP contribution in [0.5, 0.6) is 0 Å². The number of nitrogens with zero attached hydrogens (tertiary/aromatic N) is 1. The van der Waals surface area contributed by atoms with Gasteiger partial charge in [0.1, 0.15) is 5.60 Å². The van der Waals surface area contributed by atoms with E-state index in [0.717, 1.165) is 38.0 Å². The molecule has 0 bridgehead atoms. The minimum atomic E-state index is -0.518. The summed E-state index contributed by atoms with van der Waals surface area (Å²) in [5, 5.41) is 0. The number of hydrogen-bond donors (Lipinski definition) is 0. The molecule has 0 radical (unpaired) electrons. The Morgan fingerprint density at radius 3 is 1.84 bits per heavy atom. The molecule has 0 saturated carbocycles. The summed E-state index contributed by atoms with van der Waals surface area (Å²) in [7, 11) is 0. The number of hydrogen-bond acceptors (Lipinski definition) is 3. The van der Waals surface area contributed by atoms with Crippen molar-refractivity contribution < 1.29 is 9.53 Å². The average Bonchev–Trinajstić information content (AvgIpc) is 2.87. The van der Waals surface area contributed by atoms with Crippen molar-refractivity contribution in [3.63, 3.8) is 0 Å². The van der Waals surface area contributed by atoms with Crippen molar-refractivity contribution in [1.82, 2.24) is 4.90 Å². The van der Waals surface area contributed by atoms with Gasteiger partial charge in [-0.15, -0.1) is 0 Å². The Labute approximate surface area is 191 Å². The van der Waals surface area contributed by atoms with Gasteiger partial charge in [0.2, 0.25) is 0 Å². The van der Waals surface area contributed by atoms with Gasteiger partial charge in [-0.05, 0) is 22.3 Å². The SMILES string of the molecule is CCC(=O)OC1(c2ccccc2)CCN(CC=C(c2ccccc2)c2ccccc2)CC1. The predicted octanol–water partition coefficient (Wildman–Crippen LogP) is 6.06. The Morgan fingerprint density at radius 1 is 0.844 bits per heavy atom. The molecule has 1 saturated heterocycles. The minimum Gasteiger partial charge on any atom is -0.454 e. The number of esters is 1. The van der Waals surface area contributed by atoms with E-state index in [0.29, 0.717) is 6.42 Å². The first kappa shape index (κ1) is 22.0. The molecule has 3 aromatic rings. The van der Waals surface area contributed by atoms with Gasteiger partial charge in [-0.25, -0.2) is 0 Å². The summed E-state index contributed by atoms with van der Waals surface area (Å²) in [6.45, 7) is 4.50. The molecule has 1 aliphatic rings. The van der Waals surface area contributed by atoms with E-state index >= 15 is 0 Å². The highest BCUT2D eigenvalue weighted by molar-refractivity contribution is 5.79. The van der Waals surface area contributed by atoms with Crippen LogP contribution in [0.25, 0.3) is 5.57 Å². The summed E-state index contributed by atoms with van der Waals surface area (Å²) < 4.78 is 6.05. The van der Waals surface area contributed by atoms with Crippen molar-refractivity contribution in [2.45, 2.75) is 31.8 Å². The second kappa shape index (κ2) is 10.4. The lowest BCUT2D eigenvalue weighted by Crippen LogP contribution is -2.45. The first-order chi connectivity index (χ1) is 15.7. The van der Waals surface area contributed by atoms with Crippen LogP contribution in [-0.2, 0) is 15.1 Å². The van der Waals surface area contributed by atoms with Crippen molar-refractivity contribution in [2.75, 3.05) is 19.6 Å². The molecule has 4 rings (SSSR count). The molecule has 1 heterocycles. The molecule has 0 aliphatic carbocycles. The zero-order valence-electron chi connectivity index (χ0n) is 18.7. The van der Waals surface area contributed by atoms with Crippen LogP contribution in [0.15, 0.2) is 97.1 Å². The minimum absolute atomic E-state index is 0.127. The molecule has 164 valence electrons. The number of benzene rings is 3. The van der Waals surface area contributed by atoms with Crippen molar-refractivity contribution >= 4 is 11.5 Å². The summed E-state index contributed by atoms with van der Waals surface area (Å²) in [5.41, 5.74) is 4.29. The van der Waals surface area contributed by atoms with Gasteiger partial charge in [-0.1, -0.05) is 104 Å². The van der Waals surface area contributed by atoms with E-state index in [1.165, 1.54) is 16.7 Å². The number of rotatable bonds is 7. The Kier molecular flexibility index (Phi) is 7.18. The second-order valence-electron chi connectivity index (χ2n) is 8.34. The normalized spacial score (nSPS) is 15.7. The lowest BCUT2D eigenvalue weighted by molar-refractivity contribution is -0.166. The second-order valence-corrected chi connectivity index (χ2v) is 8.34. The van der Waals surface area contributed by atoms with E-state index < -0.39 is 5.60 Å². The van der Waals surface area contributed by atoms with Crippen molar-refractivity contribution in [2.24, 2.45) is 0 Å². The van der Waals surface area contributed by atoms with E-state index in [4.69, 9.17) is 4.74 Å². The first-order valence-electron chi connectivity index (χ1n) is 11.5. The third-order valence-electron chi connectivity index (χ3n) is 6.28. The van der Waals surface area contributed by atoms with Crippen LogP contribution < -0.4 is 0 Å². The molecule has 0 N–H and O–H groups in total. The van der Waals surface area contributed by atoms with Crippen LogP contribution in [0, 0.1) is 0 Å². The van der Waals surface area contributed by atoms with Crippen LogP contribution >= 0.6 is 0 Å². The molecule has 3 heteroatoms. The van der Waals surface area contributed by atoms with Crippen LogP contribution in [0.1, 0.15) is 42.9 Å². The largest absolute Gasteiger partial charge is 0.454 e. The van der Waals surface area contributed by atoms with Crippen molar-refractivity contribution in [3.8, 4) is 0 Å². The Morgan fingerprint density at radius 2 is 1.34 bits per heavy atom. The molecule has 0 unspecified atom stereocenters. The lowest BCUT2D eigenvalue weighted by Gasteiger charge is -2.41. The predicted molar refractivity (Wildman–Crippen MR) is 130 cm³/mol. The van der Waals surface area contributed by atoms with E-state index in [-0.39, 0.29) is 5.97 Å². The zero-order valence-corrected chi connectivity index (χ0v) is 18.7. The number of ether oxygens (including phenoxy) is 1. The molecule has 0 aromatic heterocycles.